The van der Waals surface area contributed by atoms with E-state index in [1.807, 2.05) is 38.5 Å². The van der Waals surface area contributed by atoms with E-state index in [0.717, 1.165) is 42.2 Å². The van der Waals surface area contributed by atoms with Crippen molar-refractivity contribution in [3.8, 4) is 5.88 Å². The zero-order valence-corrected chi connectivity index (χ0v) is 21.6. The molecule has 2 aromatic heterocycles. The second-order valence-corrected chi connectivity index (χ2v) is 16.4. The predicted octanol–water partition coefficient (Wildman–Crippen LogP) is 4.83. The largest absolute Gasteiger partial charge is 0.473 e. The standard InChI is InChI=1S/C23H38N4O4Si/c1-17-15-27(16-29-12-13-32(5,6)7)21-20(17)25-19(14-24-21)30-18-8-10-26(11-9-18)22(28)31-23(2,3)4/h14-15,18H,8-13,16H2,1-7H3. The van der Waals surface area contributed by atoms with Crippen LogP contribution in [-0.4, -0.2) is 65.0 Å². The van der Waals surface area contributed by atoms with E-state index in [4.69, 9.17) is 19.2 Å². The van der Waals surface area contributed by atoms with Gasteiger partial charge < -0.3 is 23.7 Å². The van der Waals surface area contributed by atoms with Crippen molar-refractivity contribution in [1.29, 1.82) is 0 Å². The van der Waals surface area contributed by atoms with Crippen molar-refractivity contribution >= 4 is 25.3 Å². The maximum atomic E-state index is 12.2. The molecule has 0 atom stereocenters. The van der Waals surface area contributed by atoms with E-state index in [2.05, 4.69) is 24.6 Å². The number of carbonyl (C=O) groups is 1. The Labute approximate surface area is 192 Å². The van der Waals surface area contributed by atoms with Gasteiger partial charge in [0, 0.05) is 46.8 Å². The fraction of sp³-hybridized carbons (Fsp3) is 0.696. The summed E-state index contributed by atoms with van der Waals surface area (Å²) in [5, 5.41) is 0. The lowest BCUT2D eigenvalue weighted by atomic mass is 10.1. The van der Waals surface area contributed by atoms with Gasteiger partial charge in [-0.15, -0.1) is 0 Å². The number of amides is 1. The topological polar surface area (TPSA) is 78.7 Å². The first kappa shape index (κ1) is 24.5. The highest BCUT2D eigenvalue weighted by atomic mass is 28.3. The van der Waals surface area contributed by atoms with Gasteiger partial charge in [0.05, 0.1) is 6.20 Å². The van der Waals surface area contributed by atoms with Crippen LogP contribution in [0.25, 0.3) is 11.2 Å². The molecule has 32 heavy (non-hydrogen) atoms. The first-order valence-electron chi connectivity index (χ1n) is 11.5. The Hall–Kier alpha value is -2.13. The molecule has 0 aliphatic carbocycles. The molecule has 8 nitrogen and oxygen atoms in total. The number of nitrogens with zero attached hydrogens (tertiary/aromatic N) is 4. The van der Waals surface area contributed by atoms with E-state index in [9.17, 15) is 4.79 Å². The normalized spacial score (nSPS) is 15.9. The van der Waals surface area contributed by atoms with Crippen molar-refractivity contribution in [2.75, 3.05) is 19.7 Å². The molecule has 0 saturated carbocycles. The van der Waals surface area contributed by atoms with E-state index in [1.165, 1.54) is 0 Å². The number of aromatic nitrogens is 3. The molecule has 0 N–H and O–H groups in total. The molecule has 9 heteroatoms. The lowest BCUT2D eigenvalue weighted by Gasteiger charge is -2.33. The van der Waals surface area contributed by atoms with Crippen molar-refractivity contribution in [1.82, 2.24) is 19.4 Å². The van der Waals surface area contributed by atoms with Crippen LogP contribution in [0.3, 0.4) is 0 Å². The SMILES string of the molecule is Cc1cn(COCC[Si](C)(C)C)c2ncc(OC3CCN(C(=O)OC(C)(C)C)CC3)nc12. The number of rotatable bonds is 7. The third-order valence-corrected chi connectivity index (χ3v) is 7.04. The number of piperidine rings is 1. The van der Waals surface area contributed by atoms with Gasteiger partial charge in [-0.2, -0.15) is 0 Å². The van der Waals surface area contributed by atoms with Crippen molar-refractivity contribution in [3.63, 3.8) is 0 Å². The lowest BCUT2D eigenvalue weighted by Crippen LogP contribution is -2.44. The lowest BCUT2D eigenvalue weighted by molar-refractivity contribution is 0.0123. The molecule has 2 aromatic rings. The highest BCUT2D eigenvalue weighted by Crippen LogP contribution is 2.23. The van der Waals surface area contributed by atoms with E-state index in [1.54, 1.807) is 11.1 Å². The Kier molecular flexibility index (Phi) is 7.49. The molecule has 0 aromatic carbocycles. The maximum absolute atomic E-state index is 12.2. The third kappa shape index (κ3) is 6.93. The van der Waals surface area contributed by atoms with Crippen molar-refractivity contribution < 1.29 is 19.0 Å². The molecule has 0 unspecified atom stereocenters. The summed E-state index contributed by atoms with van der Waals surface area (Å²) >= 11 is 0. The molecule has 0 radical (unpaired) electrons. The average Bonchev–Trinajstić information content (AvgIpc) is 2.99. The zero-order valence-electron chi connectivity index (χ0n) is 20.6. The predicted molar refractivity (Wildman–Crippen MR) is 128 cm³/mol. The average molecular weight is 463 g/mol. The Morgan fingerprint density at radius 2 is 1.91 bits per heavy atom. The molecule has 3 heterocycles. The molecule has 1 aliphatic heterocycles. The van der Waals surface area contributed by atoms with Crippen LogP contribution in [-0.2, 0) is 16.2 Å². The van der Waals surface area contributed by atoms with E-state index >= 15 is 0 Å². The Morgan fingerprint density at radius 1 is 1.22 bits per heavy atom. The summed E-state index contributed by atoms with van der Waals surface area (Å²) in [5.41, 5.74) is 2.21. The van der Waals surface area contributed by atoms with Gasteiger partial charge in [0.15, 0.2) is 5.65 Å². The monoisotopic (exact) mass is 462 g/mol. The third-order valence-electron chi connectivity index (χ3n) is 5.33. The van der Waals surface area contributed by atoms with Crippen molar-refractivity contribution in [2.45, 2.75) is 84.7 Å². The fourth-order valence-corrected chi connectivity index (χ4v) is 4.30. The van der Waals surface area contributed by atoms with E-state index < -0.39 is 13.7 Å². The fourth-order valence-electron chi connectivity index (χ4n) is 3.55. The number of hydrogen-bond donors (Lipinski definition) is 0. The van der Waals surface area contributed by atoms with Crippen LogP contribution in [0.1, 0.15) is 39.2 Å². The van der Waals surface area contributed by atoms with Gasteiger partial charge in [-0.3, -0.25) is 0 Å². The van der Waals surface area contributed by atoms with Crippen LogP contribution in [0.15, 0.2) is 12.4 Å². The highest BCUT2D eigenvalue weighted by Gasteiger charge is 2.28. The Balaban J connectivity index is 1.55. The van der Waals surface area contributed by atoms with Crippen LogP contribution in [0.4, 0.5) is 4.79 Å². The molecule has 1 aliphatic rings. The van der Waals surface area contributed by atoms with Crippen LogP contribution >= 0.6 is 0 Å². The number of ether oxygens (including phenoxy) is 3. The van der Waals surface area contributed by atoms with Gasteiger partial charge in [-0.05, 0) is 39.3 Å². The zero-order chi connectivity index (χ0) is 23.5. The second-order valence-electron chi connectivity index (χ2n) is 10.8. The summed E-state index contributed by atoms with van der Waals surface area (Å²) in [6, 6.07) is 1.14. The number of hydrogen-bond acceptors (Lipinski definition) is 6. The maximum Gasteiger partial charge on any atom is 0.410 e. The molecular weight excluding hydrogens is 424 g/mol. The summed E-state index contributed by atoms with van der Waals surface area (Å²) in [4.78, 5) is 23.3. The summed E-state index contributed by atoms with van der Waals surface area (Å²) in [7, 11) is -1.10. The van der Waals surface area contributed by atoms with Crippen molar-refractivity contribution in [3.05, 3.63) is 18.0 Å². The summed E-state index contributed by atoms with van der Waals surface area (Å²) in [5.74, 6) is 0.522. The quantitative estimate of drug-likeness (QED) is 0.433. The minimum absolute atomic E-state index is 0.00715. The molecule has 1 saturated heterocycles. The molecule has 3 rings (SSSR count). The van der Waals surface area contributed by atoms with Crippen LogP contribution < -0.4 is 4.74 Å². The minimum Gasteiger partial charge on any atom is -0.473 e. The van der Waals surface area contributed by atoms with E-state index in [-0.39, 0.29) is 12.2 Å². The van der Waals surface area contributed by atoms with Gasteiger partial charge in [-0.25, -0.2) is 14.8 Å². The minimum atomic E-state index is -1.10. The van der Waals surface area contributed by atoms with Gasteiger partial charge >= 0.3 is 6.09 Å². The number of fused-ring (bicyclic) bond motifs is 1. The van der Waals surface area contributed by atoms with Gasteiger partial charge in [0.1, 0.15) is 24.0 Å². The second kappa shape index (κ2) is 9.78. The summed E-state index contributed by atoms with van der Waals surface area (Å²) in [6.45, 7) is 17.2. The molecule has 1 amide bonds. The Morgan fingerprint density at radius 3 is 2.53 bits per heavy atom. The number of likely N-dealkylation sites (tertiary alicyclic amines) is 1. The van der Waals surface area contributed by atoms with Crippen LogP contribution in [0, 0.1) is 6.92 Å². The molecule has 0 bridgehead atoms. The number of carbonyl (C=O) groups excluding carboxylic acids is 1. The summed E-state index contributed by atoms with van der Waals surface area (Å²) in [6.07, 6.45) is 4.94. The smallest absolute Gasteiger partial charge is 0.410 e. The number of aryl methyl sites for hydroxylation is 1. The molecule has 1 fully saturated rings. The van der Waals surface area contributed by atoms with Crippen LogP contribution in [0.5, 0.6) is 5.88 Å². The van der Waals surface area contributed by atoms with Gasteiger partial charge in [-0.1, -0.05) is 19.6 Å². The molecular formula is C23H38N4O4Si. The highest BCUT2D eigenvalue weighted by molar-refractivity contribution is 6.76. The van der Waals surface area contributed by atoms with Crippen LogP contribution in [0.2, 0.25) is 25.7 Å². The van der Waals surface area contributed by atoms with Gasteiger partial charge in [0.2, 0.25) is 5.88 Å². The van der Waals surface area contributed by atoms with E-state index in [0.29, 0.717) is 25.7 Å². The first-order valence-corrected chi connectivity index (χ1v) is 15.2. The first-order chi connectivity index (χ1) is 14.9. The van der Waals surface area contributed by atoms with Gasteiger partial charge in [0.25, 0.3) is 0 Å². The summed E-state index contributed by atoms with van der Waals surface area (Å²) < 4.78 is 19.5. The molecule has 0 spiro atoms. The Bertz CT molecular complexity index is 924. The van der Waals surface area contributed by atoms with Crippen molar-refractivity contribution in [2.24, 2.45) is 0 Å². The molecule has 178 valence electrons.